The van der Waals surface area contributed by atoms with E-state index in [1.807, 2.05) is 55.5 Å². The van der Waals surface area contributed by atoms with E-state index in [0.717, 1.165) is 15.6 Å². The Bertz CT molecular complexity index is 586. The number of rotatable bonds is 6. The first-order valence-corrected chi connectivity index (χ1v) is 7.74. The van der Waals surface area contributed by atoms with Gasteiger partial charge in [-0.2, -0.15) is 0 Å². The van der Waals surface area contributed by atoms with E-state index in [-0.39, 0.29) is 11.9 Å². The van der Waals surface area contributed by atoms with Crippen molar-refractivity contribution in [2.75, 3.05) is 6.54 Å². The van der Waals surface area contributed by atoms with Crippen molar-refractivity contribution in [3.8, 4) is 0 Å². The van der Waals surface area contributed by atoms with E-state index in [1.165, 1.54) is 0 Å². The van der Waals surface area contributed by atoms with Gasteiger partial charge in [-0.05, 0) is 30.2 Å². The van der Waals surface area contributed by atoms with Gasteiger partial charge in [0.05, 0.1) is 6.54 Å². The predicted molar refractivity (Wildman–Crippen MR) is 88.8 cm³/mol. The summed E-state index contributed by atoms with van der Waals surface area (Å²) in [7, 11) is 0. The number of hydrogen-bond acceptors (Lipinski definition) is 2. The predicted octanol–water partition coefficient (Wildman–Crippen LogP) is 3.42. The zero-order valence-corrected chi connectivity index (χ0v) is 13.6. The average molecular weight is 347 g/mol. The minimum atomic E-state index is 0.000648. The van der Waals surface area contributed by atoms with Crippen LogP contribution in [0.1, 0.15) is 24.1 Å². The van der Waals surface area contributed by atoms with E-state index < -0.39 is 0 Å². The van der Waals surface area contributed by atoms with E-state index in [0.29, 0.717) is 13.1 Å². The molecule has 2 N–H and O–H groups in total. The van der Waals surface area contributed by atoms with Crippen LogP contribution >= 0.6 is 15.9 Å². The summed E-state index contributed by atoms with van der Waals surface area (Å²) in [6, 6.07) is 18.1. The molecular formula is C17H19BrN2O. The van der Waals surface area contributed by atoms with Crippen LogP contribution in [0, 0.1) is 0 Å². The molecule has 2 aromatic carbocycles. The number of amides is 1. The van der Waals surface area contributed by atoms with Crippen LogP contribution in [-0.2, 0) is 11.3 Å². The first-order chi connectivity index (χ1) is 10.1. The Hall–Kier alpha value is -1.65. The summed E-state index contributed by atoms with van der Waals surface area (Å²) in [5, 5.41) is 6.14. The Labute approximate surface area is 133 Å². The molecule has 0 saturated heterocycles. The first-order valence-electron chi connectivity index (χ1n) is 6.94. The first kappa shape index (κ1) is 15.7. The van der Waals surface area contributed by atoms with Crippen molar-refractivity contribution in [1.29, 1.82) is 0 Å². The quantitative estimate of drug-likeness (QED) is 0.841. The lowest BCUT2D eigenvalue weighted by Crippen LogP contribution is -2.34. The van der Waals surface area contributed by atoms with E-state index >= 15 is 0 Å². The summed E-state index contributed by atoms with van der Waals surface area (Å²) in [6.45, 7) is 2.92. The molecule has 1 amide bonds. The Morgan fingerprint density at radius 1 is 1.14 bits per heavy atom. The summed E-state index contributed by atoms with van der Waals surface area (Å²) in [5.74, 6) is 0.000648. The Morgan fingerprint density at radius 2 is 1.90 bits per heavy atom. The summed E-state index contributed by atoms with van der Waals surface area (Å²) in [4.78, 5) is 11.8. The molecule has 0 aliphatic rings. The Balaban J connectivity index is 1.76. The van der Waals surface area contributed by atoms with Crippen molar-refractivity contribution in [2.24, 2.45) is 0 Å². The highest BCUT2D eigenvalue weighted by molar-refractivity contribution is 9.10. The number of hydrogen-bond donors (Lipinski definition) is 2. The average Bonchev–Trinajstić information content (AvgIpc) is 2.51. The lowest BCUT2D eigenvalue weighted by molar-refractivity contribution is -0.120. The molecule has 0 spiro atoms. The van der Waals surface area contributed by atoms with E-state index in [9.17, 15) is 4.79 Å². The maximum Gasteiger partial charge on any atom is 0.234 e. The van der Waals surface area contributed by atoms with Crippen molar-refractivity contribution in [2.45, 2.75) is 19.5 Å². The number of nitrogens with one attached hydrogen (secondary N) is 2. The monoisotopic (exact) mass is 346 g/mol. The largest absolute Gasteiger partial charge is 0.351 e. The van der Waals surface area contributed by atoms with Crippen molar-refractivity contribution in [3.63, 3.8) is 0 Å². The fourth-order valence-corrected chi connectivity index (χ4v) is 2.42. The molecule has 0 heterocycles. The van der Waals surface area contributed by atoms with Gasteiger partial charge in [0.2, 0.25) is 5.91 Å². The molecule has 0 unspecified atom stereocenters. The fraction of sp³-hybridized carbons (Fsp3) is 0.235. The van der Waals surface area contributed by atoms with Crippen LogP contribution in [0.3, 0.4) is 0 Å². The van der Waals surface area contributed by atoms with Crippen LogP contribution in [0.5, 0.6) is 0 Å². The number of halogens is 1. The number of carbonyl (C=O) groups excluding carboxylic acids is 1. The third kappa shape index (κ3) is 5.33. The molecule has 21 heavy (non-hydrogen) atoms. The van der Waals surface area contributed by atoms with Crippen molar-refractivity contribution in [1.82, 2.24) is 10.6 Å². The number of carbonyl (C=O) groups is 1. The van der Waals surface area contributed by atoms with Gasteiger partial charge in [0.25, 0.3) is 0 Å². The summed E-state index contributed by atoms with van der Waals surface area (Å²) < 4.78 is 1.04. The minimum Gasteiger partial charge on any atom is -0.351 e. The summed E-state index contributed by atoms with van der Waals surface area (Å²) in [5.41, 5.74) is 2.26. The van der Waals surface area contributed by atoms with Crippen LogP contribution in [0.25, 0.3) is 0 Å². The second kappa shape index (κ2) is 7.96. The highest BCUT2D eigenvalue weighted by Gasteiger charge is 2.07. The molecule has 0 aliphatic heterocycles. The molecule has 1 atom stereocenters. The van der Waals surface area contributed by atoms with Crippen LogP contribution in [-0.4, -0.2) is 12.5 Å². The number of benzene rings is 2. The van der Waals surface area contributed by atoms with Crippen LogP contribution in [0.4, 0.5) is 0 Å². The van der Waals surface area contributed by atoms with Gasteiger partial charge in [-0.15, -0.1) is 0 Å². The highest BCUT2D eigenvalue weighted by Crippen LogP contribution is 2.17. The molecule has 0 bridgehead atoms. The fourth-order valence-electron chi connectivity index (χ4n) is 2.00. The van der Waals surface area contributed by atoms with E-state index in [4.69, 9.17) is 0 Å². The zero-order chi connectivity index (χ0) is 15.1. The lowest BCUT2D eigenvalue weighted by atomic mass is 10.1. The van der Waals surface area contributed by atoms with Crippen LogP contribution < -0.4 is 10.6 Å². The topological polar surface area (TPSA) is 41.1 Å². The molecular weight excluding hydrogens is 328 g/mol. The van der Waals surface area contributed by atoms with Crippen molar-refractivity contribution < 1.29 is 4.79 Å². The second-order valence-corrected chi connectivity index (χ2v) is 5.84. The molecule has 0 aromatic heterocycles. The maximum atomic E-state index is 11.8. The van der Waals surface area contributed by atoms with Gasteiger partial charge in [-0.1, -0.05) is 58.4 Å². The van der Waals surface area contributed by atoms with Crippen LogP contribution in [0.15, 0.2) is 59.1 Å². The minimum absolute atomic E-state index is 0.000648. The highest BCUT2D eigenvalue weighted by atomic mass is 79.9. The smallest absolute Gasteiger partial charge is 0.234 e. The van der Waals surface area contributed by atoms with Gasteiger partial charge in [-0.25, -0.2) is 0 Å². The zero-order valence-electron chi connectivity index (χ0n) is 12.0. The molecule has 4 heteroatoms. The molecule has 0 aliphatic carbocycles. The standard InChI is InChI=1S/C17H19BrN2O/c1-13(15-8-5-9-16(18)10-15)19-12-17(21)20-11-14-6-3-2-4-7-14/h2-10,13,19H,11-12H2,1H3,(H,20,21)/t13-/m0/s1. The second-order valence-electron chi connectivity index (χ2n) is 4.92. The lowest BCUT2D eigenvalue weighted by Gasteiger charge is -2.14. The van der Waals surface area contributed by atoms with Crippen LogP contribution in [0.2, 0.25) is 0 Å². The molecule has 2 rings (SSSR count). The van der Waals surface area contributed by atoms with Gasteiger partial charge in [-0.3, -0.25) is 4.79 Å². The van der Waals surface area contributed by atoms with E-state index in [2.05, 4.69) is 32.6 Å². The van der Waals surface area contributed by atoms with Gasteiger partial charge in [0.15, 0.2) is 0 Å². The van der Waals surface area contributed by atoms with Crippen molar-refractivity contribution >= 4 is 21.8 Å². The SMILES string of the molecule is C[C@H](NCC(=O)NCc1ccccc1)c1cccc(Br)c1. The van der Waals surface area contributed by atoms with Gasteiger partial charge in [0, 0.05) is 17.1 Å². The van der Waals surface area contributed by atoms with Crippen molar-refractivity contribution in [3.05, 3.63) is 70.2 Å². The maximum absolute atomic E-state index is 11.8. The third-order valence-electron chi connectivity index (χ3n) is 3.25. The summed E-state index contributed by atoms with van der Waals surface area (Å²) >= 11 is 3.45. The van der Waals surface area contributed by atoms with Gasteiger partial charge in [0.1, 0.15) is 0 Å². The molecule has 0 radical (unpaired) electrons. The van der Waals surface area contributed by atoms with E-state index in [1.54, 1.807) is 0 Å². The summed E-state index contributed by atoms with van der Waals surface area (Å²) in [6.07, 6.45) is 0. The molecule has 0 fully saturated rings. The molecule has 2 aromatic rings. The Morgan fingerprint density at radius 3 is 2.62 bits per heavy atom. The van der Waals surface area contributed by atoms with Gasteiger partial charge < -0.3 is 10.6 Å². The molecule has 0 saturated carbocycles. The third-order valence-corrected chi connectivity index (χ3v) is 3.74. The normalized spacial score (nSPS) is 11.9. The molecule has 3 nitrogen and oxygen atoms in total. The molecule has 110 valence electrons. The van der Waals surface area contributed by atoms with Gasteiger partial charge >= 0.3 is 0 Å². The Kier molecular flexibility index (Phi) is 5.96.